The molecule has 7 heteroatoms. The summed E-state index contributed by atoms with van der Waals surface area (Å²) in [5, 5.41) is 21.9. The lowest BCUT2D eigenvalue weighted by molar-refractivity contribution is -0.125. The van der Waals surface area contributed by atoms with E-state index in [1.165, 1.54) is 24.4 Å². The Morgan fingerprint density at radius 1 is 1.30 bits per heavy atom. The van der Waals surface area contributed by atoms with Gasteiger partial charge in [-0.2, -0.15) is 0 Å². The summed E-state index contributed by atoms with van der Waals surface area (Å²) < 4.78 is 18.4. The normalized spacial score (nSPS) is 13.2. The van der Waals surface area contributed by atoms with E-state index in [0.717, 1.165) is 0 Å². The highest BCUT2D eigenvalue weighted by molar-refractivity contribution is 5.78. The lowest BCUT2D eigenvalue weighted by atomic mass is 10.0. The molecule has 0 spiro atoms. The number of para-hydroxylation sites is 1. The van der Waals surface area contributed by atoms with Crippen molar-refractivity contribution in [2.75, 3.05) is 13.2 Å². The van der Waals surface area contributed by atoms with Crippen LogP contribution in [0.25, 0.3) is 0 Å². The number of nitrogens with one attached hydrogen (secondary N) is 1. The van der Waals surface area contributed by atoms with Crippen LogP contribution in [0.3, 0.4) is 0 Å². The maximum Gasteiger partial charge on any atom is 0.258 e. The zero-order valence-corrected chi connectivity index (χ0v) is 12.2. The number of ether oxygens (including phenoxy) is 1. The molecule has 0 aliphatic carbocycles. The molecule has 1 heterocycles. The zero-order chi connectivity index (χ0) is 16.7. The molecule has 0 saturated heterocycles. The van der Waals surface area contributed by atoms with Crippen LogP contribution in [0.5, 0.6) is 5.75 Å². The van der Waals surface area contributed by atoms with Crippen molar-refractivity contribution in [2.24, 2.45) is 0 Å². The fourth-order valence-electron chi connectivity index (χ4n) is 1.96. The Bertz CT molecular complexity index is 639. The van der Waals surface area contributed by atoms with Gasteiger partial charge in [0, 0.05) is 18.0 Å². The summed E-state index contributed by atoms with van der Waals surface area (Å²) in [5.41, 5.74) is 0.460. The van der Waals surface area contributed by atoms with E-state index < -0.39 is 37.1 Å². The average molecular weight is 320 g/mol. The van der Waals surface area contributed by atoms with Gasteiger partial charge in [0.1, 0.15) is 6.10 Å². The number of carbonyl (C=O) groups excluding carboxylic acids is 1. The molecule has 2 aromatic rings. The predicted molar refractivity (Wildman–Crippen MR) is 80.1 cm³/mol. The highest BCUT2D eigenvalue weighted by Gasteiger charge is 2.22. The Balaban J connectivity index is 1.91. The lowest BCUT2D eigenvalue weighted by Crippen LogP contribution is -2.44. The van der Waals surface area contributed by atoms with Crippen molar-refractivity contribution in [3.63, 3.8) is 0 Å². The molecule has 1 aromatic heterocycles. The number of aliphatic hydroxyl groups excluding tert-OH is 2. The minimum atomic E-state index is -1.12. The number of pyridine rings is 1. The van der Waals surface area contributed by atoms with Crippen LogP contribution in [0.4, 0.5) is 4.39 Å². The lowest BCUT2D eigenvalue weighted by Gasteiger charge is -2.22. The summed E-state index contributed by atoms with van der Waals surface area (Å²) in [5.74, 6) is -1.21. The highest BCUT2D eigenvalue weighted by atomic mass is 19.1. The molecule has 2 atom stereocenters. The van der Waals surface area contributed by atoms with E-state index in [0.29, 0.717) is 5.56 Å². The van der Waals surface area contributed by atoms with Crippen LogP contribution < -0.4 is 10.1 Å². The van der Waals surface area contributed by atoms with Crippen molar-refractivity contribution in [2.45, 2.75) is 12.1 Å². The monoisotopic (exact) mass is 320 g/mol. The van der Waals surface area contributed by atoms with Gasteiger partial charge in [0.15, 0.2) is 18.2 Å². The van der Waals surface area contributed by atoms with Gasteiger partial charge in [-0.15, -0.1) is 0 Å². The third-order valence-corrected chi connectivity index (χ3v) is 3.15. The third kappa shape index (κ3) is 4.73. The summed E-state index contributed by atoms with van der Waals surface area (Å²) in [6.45, 7) is -0.904. The second-order valence-corrected chi connectivity index (χ2v) is 4.81. The first-order valence-corrected chi connectivity index (χ1v) is 6.97. The van der Waals surface area contributed by atoms with Gasteiger partial charge >= 0.3 is 0 Å². The molecule has 1 aromatic carbocycles. The fraction of sp³-hybridized carbons (Fsp3) is 0.250. The van der Waals surface area contributed by atoms with Crippen molar-refractivity contribution in [1.82, 2.24) is 10.3 Å². The van der Waals surface area contributed by atoms with Gasteiger partial charge in [0.25, 0.3) is 5.91 Å². The molecule has 0 saturated carbocycles. The van der Waals surface area contributed by atoms with E-state index >= 15 is 0 Å². The molecule has 1 amide bonds. The van der Waals surface area contributed by atoms with Crippen LogP contribution in [-0.4, -0.2) is 40.4 Å². The van der Waals surface area contributed by atoms with Gasteiger partial charge in [-0.05, 0) is 18.2 Å². The molecule has 2 rings (SSSR count). The number of hydrogen-bond acceptors (Lipinski definition) is 5. The second kappa shape index (κ2) is 8.21. The molecule has 3 N–H and O–H groups in total. The topological polar surface area (TPSA) is 91.7 Å². The summed E-state index contributed by atoms with van der Waals surface area (Å²) in [4.78, 5) is 15.7. The average Bonchev–Trinajstić information content (AvgIpc) is 2.59. The number of halogens is 1. The number of aliphatic hydroxyl groups is 2. The Morgan fingerprint density at radius 2 is 2.09 bits per heavy atom. The SMILES string of the molecule is O=C(COc1ccccc1F)N[C@@H](CO)[C@@H](O)c1cccnc1. The number of amides is 1. The van der Waals surface area contributed by atoms with Gasteiger partial charge in [-0.3, -0.25) is 9.78 Å². The first-order chi connectivity index (χ1) is 11.1. The number of nitrogens with zero attached hydrogens (tertiary/aromatic N) is 1. The first-order valence-electron chi connectivity index (χ1n) is 6.97. The van der Waals surface area contributed by atoms with Gasteiger partial charge in [-0.1, -0.05) is 18.2 Å². The minimum absolute atomic E-state index is 0.0454. The molecule has 0 radical (unpaired) electrons. The smallest absolute Gasteiger partial charge is 0.258 e. The molecule has 0 unspecified atom stereocenters. The fourth-order valence-corrected chi connectivity index (χ4v) is 1.96. The van der Waals surface area contributed by atoms with Gasteiger partial charge in [-0.25, -0.2) is 4.39 Å². The van der Waals surface area contributed by atoms with Crippen LogP contribution in [0, 0.1) is 5.82 Å². The Labute approximate surface area is 132 Å². The molecule has 0 aliphatic rings. The van der Waals surface area contributed by atoms with Crippen molar-refractivity contribution in [3.05, 3.63) is 60.2 Å². The number of rotatable bonds is 7. The van der Waals surface area contributed by atoms with E-state index in [4.69, 9.17) is 4.74 Å². The standard InChI is InChI=1S/C16H17FN2O4/c17-12-5-1-2-6-14(12)23-10-15(21)19-13(9-20)16(22)11-4-3-7-18-8-11/h1-8,13,16,20,22H,9-10H2,(H,19,21)/t13-,16-/m0/s1. The number of aromatic nitrogens is 1. The highest BCUT2D eigenvalue weighted by Crippen LogP contribution is 2.16. The zero-order valence-electron chi connectivity index (χ0n) is 12.2. The molecular weight excluding hydrogens is 303 g/mol. The van der Waals surface area contributed by atoms with Crippen molar-refractivity contribution < 1.29 is 24.1 Å². The van der Waals surface area contributed by atoms with Gasteiger partial charge in [0.05, 0.1) is 12.6 Å². The van der Waals surface area contributed by atoms with E-state index in [-0.39, 0.29) is 5.75 Å². The predicted octanol–water partition coefficient (Wildman–Crippen LogP) is 0.810. The van der Waals surface area contributed by atoms with Crippen LogP contribution >= 0.6 is 0 Å². The largest absolute Gasteiger partial charge is 0.481 e. The molecule has 0 fully saturated rings. The Morgan fingerprint density at radius 3 is 2.74 bits per heavy atom. The van der Waals surface area contributed by atoms with Crippen molar-refractivity contribution in [3.8, 4) is 5.75 Å². The van der Waals surface area contributed by atoms with E-state index in [2.05, 4.69) is 10.3 Å². The molecule has 23 heavy (non-hydrogen) atoms. The molecular formula is C16H17FN2O4. The van der Waals surface area contributed by atoms with Gasteiger partial charge in [0.2, 0.25) is 0 Å². The first kappa shape index (κ1) is 16.9. The number of carbonyl (C=O) groups is 1. The van der Waals surface area contributed by atoms with Crippen LogP contribution in [0.15, 0.2) is 48.8 Å². The van der Waals surface area contributed by atoms with E-state index in [9.17, 15) is 19.4 Å². The van der Waals surface area contributed by atoms with E-state index in [1.54, 1.807) is 24.4 Å². The molecule has 0 aliphatic heterocycles. The quantitative estimate of drug-likeness (QED) is 0.702. The maximum atomic E-state index is 13.4. The Hall–Kier alpha value is -2.51. The Kier molecular flexibility index (Phi) is 6.02. The van der Waals surface area contributed by atoms with Crippen LogP contribution in [-0.2, 0) is 4.79 Å². The van der Waals surface area contributed by atoms with Crippen molar-refractivity contribution >= 4 is 5.91 Å². The second-order valence-electron chi connectivity index (χ2n) is 4.81. The van der Waals surface area contributed by atoms with Gasteiger partial charge < -0.3 is 20.3 Å². The summed E-state index contributed by atoms with van der Waals surface area (Å²) in [7, 11) is 0. The minimum Gasteiger partial charge on any atom is -0.481 e. The summed E-state index contributed by atoms with van der Waals surface area (Å²) >= 11 is 0. The van der Waals surface area contributed by atoms with Crippen LogP contribution in [0.2, 0.25) is 0 Å². The molecule has 0 bridgehead atoms. The van der Waals surface area contributed by atoms with E-state index in [1.807, 2.05) is 0 Å². The summed E-state index contributed by atoms with van der Waals surface area (Å²) in [6.07, 6.45) is 1.87. The summed E-state index contributed by atoms with van der Waals surface area (Å²) in [6, 6.07) is 8.05. The molecule has 6 nitrogen and oxygen atoms in total. The number of benzene rings is 1. The maximum absolute atomic E-state index is 13.4. The third-order valence-electron chi connectivity index (χ3n) is 3.15. The molecule has 122 valence electrons. The number of hydrogen-bond donors (Lipinski definition) is 3. The van der Waals surface area contributed by atoms with Crippen LogP contribution in [0.1, 0.15) is 11.7 Å². The van der Waals surface area contributed by atoms with Crippen molar-refractivity contribution in [1.29, 1.82) is 0 Å².